The third-order valence-electron chi connectivity index (χ3n) is 5.18. The van der Waals surface area contributed by atoms with Crippen LogP contribution in [0.4, 0.5) is 4.79 Å². The fourth-order valence-electron chi connectivity index (χ4n) is 3.79. The molecule has 3 rings (SSSR count). The normalized spacial score (nSPS) is 28.5. The number of nitrogens with zero attached hydrogens (tertiary/aromatic N) is 4. The molecule has 3 saturated heterocycles. The number of imide groups is 1. The summed E-state index contributed by atoms with van der Waals surface area (Å²) >= 11 is 0. The topological polar surface area (TPSA) is 81.2 Å². The Kier molecular flexibility index (Phi) is 3.77. The van der Waals surface area contributed by atoms with Gasteiger partial charge in [0.2, 0.25) is 11.8 Å². The summed E-state index contributed by atoms with van der Waals surface area (Å²) in [7, 11) is 3.33. The second-order valence-corrected chi connectivity index (χ2v) is 6.79. The number of amides is 5. The zero-order chi connectivity index (χ0) is 16.8. The van der Waals surface area contributed by atoms with Gasteiger partial charge in [-0.05, 0) is 19.3 Å². The molecule has 1 spiro atoms. The lowest BCUT2D eigenvalue weighted by Gasteiger charge is -2.37. The molecule has 3 aliphatic heterocycles. The van der Waals surface area contributed by atoms with Gasteiger partial charge in [0.25, 0.3) is 5.91 Å². The molecule has 3 aliphatic rings. The zero-order valence-electron chi connectivity index (χ0n) is 13.6. The number of carbonyl (C=O) groups excluding carboxylic acids is 4. The van der Waals surface area contributed by atoms with Crippen molar-refractivity contribution in [1.29, 1.82) is 0 Å². The number of likely N-dealkylation sites (tertiary alicyclic amines) is 2. The van der Waals surface area contributed by atoms with Crippen molar-refractivity contribution in [3.8, 4) is 0 Å². The van der Waals surface area contributed by atoms with Crippen molar-refractivity contribution in [2.24, 2.45) is 5.41 Å². The molecule has 0 bridgehead atoms. The van der Waals surface area contributed by atoms with Crippen LogP contribution in [0.3, 0.4) is 0 Å². The molecule has 0 unspecified atom stereocenters. The Balaban J connectivity index is 1.65. The first kappa shape index (κ1) is 15.8. The fraction of sp³-hybridized carbons (Fsp3) is 0.733. The average molecular weight is 322 g/mol. The van der Waals surface area contributed by atoms with Gasteiger partial charge in [-0.1, -0.05) is 0 Å². The Hall–Kier alpha value is -2.12. The van der Waals surface area contributed by atoms with Gasteiger partial charge in [0.1, 0.15) is 13.1 Å². The minimum atomic E-state index is -0.474. The van der Waals surface area contributed by atoms with E-state index in [4.69, 9.17) is 0 Å². The SMILES string of the molecule is CN1CC(=O)N(CC(=O)N2CC[C@@]3(CCCN(C)C3=O)C2)C1=O. The van der Waals surface area contributed by atoms with E-state index < -0.39 is 11.4 Å². The number of rotatable bonds is 2. The summed E-state index contributed by atoms with van der Waals surface area (Å²) in [4.78, 5) is 54.2. The smallest absolute Gasteiger partial charge is 0.327 e. The van der Waals surface area contributed by atoms with Gasteiger partial charge in [-0.3, -0.25) is 19.3 Å². The molecule has 3 heterocycles. The zero-order valence-corrected chi connectivity index (χ0v) is 13.6. The van der Waals surface area contributed by atoms with Gasteiger partial charge in [-0.25, -0.2) is 4.79 Å². The van der Waals surface area contributed by atoms with Crippen LogP contribution in [0.1, 0.15) is 19.3 Å². The van der Waals surface area contributed by atoms with E-state index in [1.54, 1.807) is 16.8 Å². The van der Waals surface area contributed by atoms with E-state index in [1.807, 2.05) is 0 Å². The third kappa shape index (κ3) is 2.55. The van der Waals surface area contributed by atoms with E-state index in [-0.39, 0.29) is 30.8 Å². The van der Waals surface area contributed by atoms with Crippen LogP contribution in [0, 0.1) is 5.41 Å². The number of hydrogen-bond donors (Lipinski definition) is 0. The van der Waals surface area contributed by atoms with Crippen LogP contribution in [0.2, 0.25) is 0 Å². The van der Waals surface area contributed by atoms with Crippen LogP contribution < -0.4 is 0 Å². The average Bonchev–Trinajstić information content (AvgIpc) is 3.03. The molecule has 5 amide bonds. The van der Waals surface area contributed by atoms with Crippen LogP contribution >= 0.6 is 0 Å². The molecular formula is C15H22N4O4. The largest absolute Gasteiger partial charge is 0.345 e. The number of piperidine rings is 1. The van der Waals surface area contributed by atoms with Gasteiger partial charge < -0.3 is 14.7 Å². The third-order valence-corrected chi connectivity index (χ3v) is 5.18. The van der Waals surface area contributed by atoms with E-state index in [0.29, 0.717) is 19.5 Å². The van der Waals surface area contributed by atoms with Crippen molar-refractivity contribution < 1.29 is 19.2 Å². The maximum atomic E-state index is 12.5. The summed E-state index contributed by atoms with van der Waals surface area (Å²) < 4.78 is 0. The highest BCUT2D eigenvalue weighted by atomic mass is 16.2. The summed E-state index contributed by atoms with van der Waals surface area (Å²) in [6.07, 6.45) is 2.39. The van der Waals surface area contributed by atoms with Gasteiger partial charge in [0.05, 0.1) is 5.41 Å². The second-order valence-electron chi connectivity index (χ2n) is 6.79. The highest BCUT2D eigenvalue weighted by Crippen LogP contribution is 2.39. The van der Waals surface area contributed by atoms with Crippen LogP contribution in [0.25, 0.3) is 0 Å². The standard InChI is InChI=1S/C15H22N4O4/c1-16-6-3-4-15(13(16)22)5-7-18(10-15)11(20)9-19-12(21)8-17(2)14(19)23/h3-10H2,1-2H3/t15-/m0/s1. The minimum absolute atomic E-state index is 0.0132. The number of hydrogen-bond acceptors (Lipinski definition) is 4. The van der Waals surface area contributed by atoms with Gasteiger partial charge >= 0.3 is 6.03 Å². The van der Waals surface area contributed by atoms with E-state index in [2.05, 4.69) is 0 Å². The lowest BCUT2D eigenvalue weighted by atomic mass is 9.78. The first-order valence-corrected chi connectivity index (χ1v) is 7.93. The molecule has 0 aromatic heterocycles. The van der Waals surface area contributed by atoms with Crippen LogP contribution in [-0.4, -0.2) is 90.2 Å². The molecular weight excluding hydrogens is 300 g/mol. The van der Waals surface area contributed by atoms with Crippen LogP contribution in [-0.2, 0) is 14.4 Å². The lowest BCUT2D eigenvalue weighted by Crippen LogP contribution is -2.49. The number of likely N-dealkylation sites (N-methyl/N-ethyl adjacent to an activating group) is 1. The molecule has 0 aromatic rings. The molecule has 0 aliphatic carbocycles. The highest BCUT2D eigenvalue weighted by Gasteiger charge is 2.49. The maximum Gasteiger partial charge on any atom is 0.327 e. The van der Waals surface area contributed by atoms with Crippen molar-refractivity contribution in [1.82, 2.24) is 19.6 Å². The summed E-state index contributed by atoms with van der Waals surface area (Å²) in [5.74, 6) is -0.514. The number of urea groups is 1. The fourth-order valence-corrected chi connectivity index (χ4v) is 3.79. The van der Waals surface area contributed by atoms with E-state index >= 15 is 0 Å². The predicted octanol–water partition coefficient (Wildman–Crippen LogP) is -0.649. The van der Waals surface area contributed by atoms with Gasteiger partial charge in [-0.15, -0.1) is 0 Å². The first-order valence-electron chi connectivity index (χ1n) is 7.93. The summed E-state index contributed by atoms with van der Waals surface area (Å²) in [5.41, 5.74) is -0.474. The van der Waals surface area contributed by atoms with Crippen molar-refractivity contribution in [2.45, 2.75) is 19.3 Å². The predicted molar refractivity (Wildman–Crippen MR) is 80.2 cm³/mol. The minimum Gasteiger partial charge on any atom is -0.345 e. The summed E-state index contributed by atoms with van der Waals surface area (Å²) in [6.45, 7) is 1.44. The van der Waals surface area contributed by atoms with Crippen molar-refractivity contribution in [3.05, 3.63) is 0 Å². The van der Waals surface area contributed by atoms with Gasteiger partial charge in [0.15, 0.2) is 0 Å². The van der Waals surface area contributed by atoms with Crippen molar-refractivity contribution in [3.63, 3.8) is 0 Å². The molecule has 0 aromatic carbocycles. The van der Waals surface area contributed by atoms with Crippen molar-refractivity contribution >= 4 is 23.8 Å². The van der Waals surface area contributed by atoms with Crippen LogP contribution in [0.15, 0.2) is 0 Å². The Bertz CT molecular complexity index is 578. The molecule has 8 heteroatoms. The quantitative estimate of drug-likeness (QED) is 0.633. The second kappa shape index (κ2) is 5.50. The Morgan fingerprint density at radius 1 is 1.09 bits per heavy atom. The first-order chi connectivity index (χ1) is 10.8. The molecule has 0 radical (unpaired) electrons. The van der Waals surface area contributed by atoms with Crippen LogP contribution in [0.5, 0.6) is 0 Å². The monoisotopic (exact) mass is 322 g/mol. The number of carbonyl (C=O) groups is 4. The molecule has 3 fully saturated rings. The van der Waals surface area contributed by atoms with E-state index in [9.17, 15) is 19.2 Å². The molecule has 1 atom stereocenters. The molecule has 8 nitrogen and oxygen atoms in total. The highest BCUT2D eigenvalue weighted by molar-refractivity contribution is 6.04. The molecule has 0 saturated carbocycles. The molecule has 23 heavy (non-hydrogen) atoms. The Labute approximate surface area is 135 Å². The molecule has 0 N–H and O–H groups in total. The van der Waals surface area contributed by atoms with E-state index in [1.165, 1.54) is 11.9 Å². The Morgan fingerprint density at radius 2 is 1.83 bits per heavy atom. The Morgan fingerprint density at radius 3 is 2.48 bits per heavy atom. The van der Waals surface area contributed by atoms with E-state index in [0.717, 1.165) is 24.3 Å². The van der Waals surface area contributed by atoms with Crippen molar-refractivity contribution in [2.75, 3.05) is 46.8 Å². The lowest BCUT2D eigenvalue weighted by molar-refractivity contribution is -0.145. The summed E-state index contributed by atoms with van der Waals surface area (Å²) in [5, 5.41) is 0. The maximum absolute atomic E-state index is 12.5. The summed E-state index contributed by atoms with van der Waals surface area (Å²) in [6, 6.07) is -0.439. The van der Waals surface area contributed by atoms with Gasteiger partial charge in [-0.2, -0.15) is 0 Å². The van der Waals surface area contributed by atoms with Gasteiger partial charge in [0, 0.05) is 33.7 Å². The molecule has 126 valence electrons.